The summed E-state index contributed by atoms with van der Waals surface area (Å²) in [5, 5.41) is 13.0. The number of methoxy groups -OCH3 is 1. The van der Waals surface area contributed by atoms with Gasteiger partial charge in [-0.15, -0.1) is 0 Å². The van der Waals surface area contributed by atoms with E-state index >= 15 is 0 Å². The Bertz CT molecular complexity index is 1700. The molecule has 3 heterocycles. The molecule has 34 heavy (non-hydrogen) atoms. The summed E-state index contributed by atoms with van der Waals surface area (Å²) >= 11 is 0. The second-order valence-electron chi connectivity index (χ2n) is 8.14. The summed E-state index contributed by atoms with van der Waals surface area (Å²) in [5.74, 6) is -0.592. The zero-order chi connectivity index (χ0) is 24.1. The van der Waals surface area contributed by atoms with Crippen LogP contribution in [-0.4, -0.2) is 39.6 Å². The summed E-state index contributed by atoms with van der Waals surface area (Å²) in [7, 11) is 1.45. The van der Waals surface area contributed by atoms with Gasteiger partial charge >= 0.3 is 5.97 Å². The Kier molecular flexibility index (Phi) is 4.93. The Morgan fingerprint density at radius 1 is 1.15 bits per heavy atom. The number of H-pyrrole nitrogens is 2. The first-order valence-corrected chi connectivity index (χ1v) is 10.5. The fourth-order valence-electron chi connectivity index (χ4n) is 4.16. The smallest absolute Gasteiger partial charge is 0.341 e. The standard InChI is InChI=1S/C24H21N3O7/c1-11(2)27-23-20(24(31)26-27)19(12-4-7-15(32-3)17(8-12)33-10-18(29)30)22-21(25-23)14-6-5-13(28)9-16(14)34-22/h4-9,11,25H,10H2,1-3H3,(H,26,31)(H,29,30). The predicted molar refractivity (Wildman–Crippen MR) is 126 cm³/mol. The highest BCUT2D eigenvalue weighted by atomic mass is 16.5. The summed E-state index contributed by atoms with van der Waals surface area (Å²) in [4.78, 5) is 39.4. The molecule has 0 unspecified atom stereocenters. The molecule has 0 radical (unpaired) electrons. The van der Waals surface area contributed by atoms with Crippen LogP contribution in [0.5, 0.6) is 11.5 Å². The molecule has 10 nitrogen and oxygen atoms in total. The van der Waals surface area contributed by atoms with Crippen LogP contribution < -0.4 is 20.5 Å². The van der Waals surface area contributed by atoms with E-state index in [9.17, 15) is 14.4 Å². The molecule has 0 bridgehead atoms. The molecule has 174 valence electrons. The van der Waals surface area contributed by atoms with E-state index < -0.39 is 12.6 Å². The molecule has 10 heteroatoms. The van der Waals surface area contributed by atoms with E-state index in [1.165, 1.54) is 19.2 Å². The first-order chi connectivity index (χ1) is 16.3. The van der Waals surface area contributed by atoms with Crippen molar-refractivity contribution in [2.75, 3.05) is 13.7 Å². The molecule has 0 amide bonds. The number of carbonyl (C=O) groups is 1. The molecule has 0 aliphatic carbocycles. The highest BCUT2D eigenvalue weighted by Crippen LogP contribution is 2.41. The zero-order valence-electron chi connectivity index (χ0n) is 18.6. The number of nitrogens with one attached hydrogen (secondary N) is 2. The summed E-state index contributed by atoms with van der Waals surface area (Å²) in [5.41, 5.74) is 2.46. The second kappa shape index (κ2) is 7.84. The van der Waals surface area contributed by atoms with Crippen molar-refractivity contribution in [2.24, 2.45) is 0 Å². The lowest BCUT2D eigenvalue weighted by molar-refractivity contribution is -0.139. The molecule has 0 saturated heterocycles. The SMILES string of the molecule is COc1ccc(-c2c3oc4cc(=O)ccc4c3[nH]c3c2c(=O)[nH]n3C(C)C)cc1OCC(=O)O. The van der Waals surface area contributed by atoms with Crippen molar-refractivity contribution in [1.29, 1.82) is 0 Å². The second-order valence-corrected chi connectivity index (χ2v) is 8.14. The Labute approximate surface area is 191 Å². The van der Waals surface area contributed by atoms with Crippen molar-refractivity contribution in [3.05, 3.63) is 57.0 Å². The fraction of sp³-hybridized carbons (Fsp3) is 0.208. The largest absolute Gasteiger partial charge is 0.493 e. The maximum atomic E-state index is 13.1. The highest BCUT2D eigenvalue weighted by molar-refractivity contribution is 6.14. The first kappa shape index (κ1) is 21.4. The molecule has 2 aromatic carbocycles. The van der Waals surface area contributed by atoms with Gasteiger partial charge in [0, 0.05) is 23.1 Å². The fourth-order valence-corrected chi connectivity index (χ4v) is 4.16. The van der Waals surface area contributed by atoms with Gasteiger partial charge in [-0.25, -0.2) is 4.79 Å². The third-order valence-corrected chi connectivity index (χ3v) is 5.63. The average molecular weight is 463 g/mol. The van der Waals surface area contributed by atoms with Gasteiger partial charge in [0.15, 0.2) is 29.1 Å². The maximum Gasteiger partial charge on any atom is 0.341 e. The van der Waals surface area contributed by atoms with Gasteiger partial charge in [-0.3, -0.25) is 19.4 Å². The van der Waals surface area contributed by atoms with Crippen LogP contribution in [0.3, 0.4) is 0 Å². The van der Waals surface area contributed by atoms with Crippen molar-refractivity contribution in [2.45, 2.75) is 19.9 Å². The van der Waals surface area contributed by atoms with Crippen LogP contribution in [0.4, 0.5) is 0 Å². The molecular weight excluding hydrogens is 442 g/mol. The highest BCUT2D eigenvalue weighted by Gasteiger charge is 2.23. The third kappa shape index (κ3) is 3.31. The Hall–Kier alpha value is -4.47. The predicted octanol–water partition coefficient (Wildman–Crippen LogP) is 3.64. The van der Waals surface area contributed by atoms with Crippen LogP contribution in [0, 0.1) is 0 Å². The molecule has 3 N–H and O–H groups in total. The normalized spacial score (nSPS) is 11.6. The van der Waals surface area contributed by atoms with Gasteiger partial charge in [-0.05, 0) is 43.7 Å². The van der Waals surface area contributed by atoms with Crippen LogP contribution >= 0.6 is 0 Å². The summed E-state index contributed by atoms with van der Waals surface area (Å²) < 4.78 is 18.6. The molecule has 0 aliphatic rings. The van der Waals surface area contributed by atoms with Gasteiger partial charge in [0.05, 0.1) is 18.0 Å². The Morgan fingerprint density at radius 2 is 1.94 bits per heavy atom. The zero-order valence-corrected chi connectivity index (χ0v) is 18.6. The number of fused-ring (bicyclic) bond motifs is 4. The number of aromatic amines is 2. The van der Waals surface area contributed by atoms with Gasteiger partial charge in [0.1, 0.15) is 11.2 Å². The summed E-state index contributed by atoms with van der Waals surface area (Å²) in [6.07, 6.45) is 0. The van der Waals surface area contributed by atoms with Gasteiger partial charge in [-0.1, -0.05) is 6.07 Å². The van der Waals surface area contributed by atoms with E-state index in [-0.39, 0.29) is 22.8 Å². The number of pyridine rings is 1. The molecule has 5 rings (SSSR count). The van der Waals surface area contributed by atoms with E-state index in [0.717, 1.165) is 0 Å². The number of aromatic nitrogens is 3. The lowest BCUT2D eigenvalue weighted by Crippen LogP contribution is -2.10. The van der Waals surface area contributed by atoms with Gasteiger partial charge in [0.25, 0.3) is 5.56 Å². The van der Waals surface area contributed by atoms with Gasteiger partial charge in [0.2, 0.25) is 0 Å². The number of furan rings is 1. The Morgan fingerprint density at radius 3 is 2.65 bits per heavy atom. The molecule has 0 fully saturated rings. The average Bonchev–Trinajstić information content (AvgIpc) is 3.33. The van der Waals surface area contributed by atoms with Gasteiger partial charge in [-0.2, -0.15) is 0 Å². The van der Waals surface area contributed by atoms with Crippen molar-refractivity contribution in [3.63, 3.8) is 0 Å². The molecule has 5 aromatic rings. The molecule has 0 saturated carbocycles. The minimum atomic E-state index is -1.14. The number of hydrogen-bond donors (Lipinski definition) is 3. The number of nitrogens with zero attached hydrogens (tertiary/aromatic N) is 1. The topological polar surface area (TPSA) is 140 Å². The number of rotatable bonds is 6. The number of aliphatic carboxylic acids is 1. The molecular formula is C24H21N3O7. The van der Waals surface area contributed by atoms with Crippen molar-refractivity contribution in [3.8, 4) is 22.6 Å². The number of ether oxygens (including phenoxy) is 2. The van der Waals surface area contributed by atoms with Crippen LogP contribution in [0.1, 0.15) is 19.9 Å². The van der Waals surface area contributed by atoms with Crippen LogP contribution in [0.15, 0.2) is 50.4 Å². The van der Waals surface area contributed by atoms with Crippen molar-refractivity contribution in [1.82, 2.24) is 14.8 Å². The first-order valence-electron chi connectivity index (χ1n) is 10.5. The number of hydrogen-bond acceptors (Lipinski definition) is 6. The lowest BCUT2D eigenvalue weighted by Gasteiger charge is -2.13. The summed E-state index contributed by atoms with van der Waals surface area (Å²) in [6.45, 7) is 3.32. The minimum Gasteiger partial charge on any atom is -0.493 e. The Balaban J connectivity index is 1.91. The monoisotopic (exact) mass is 463 g/mol. The third-order valence-electron chi connectivity index (χ3n) is 5.63. The van der Waals surface area contributed by atoms with Crippen LogP contribution in [0.2, 0.25) is 0 Å². The number of carboxylic acid groups (broad SMARTS) is 1. The van der Waals surface area contributed by atoms with Crippen molar-refractivity contribution >= 4 is 39.1 Å². The molecule has 3 aromatic heterocycles. The van der Waals surface area contributed by atoms with Crippen molar-refractivity contribution < 1.29 is 23.8 Å². The number of carboxylic acids is 1. The van der Waals surface area contributed by atoms with E-state index in [1.807, 2.05) is 13.8 Å². The van der Waals surface area contributed by atoms with Crippen LogP contribution in [0.25, 0.3) is 44.2 Å². The quantitative estimate of drug-likeness (QED) is 0.349. The van der Waals surface area contributed by atoms with Crippen LogP contribution in [-0.2, 0) is 4.79 Å². The van der Waals surface area contributed by atoms with E-state index in [1.54, 1.807) is 28.9 Å². The van der Waals surface area contributed by atoms with Gasteiger partial charge < -0.3 is 24.0 Å². The maximum absolute atomic E-state index is 13.1. The van der Waals surface area contributed by atoms with E-state index in [0.29, 0.717) is 50.0 Å². The summed E-state index contributed by atoms with van der Waals surface area (Å²) in [6, 6.07) is 9.44. The molecule has 0 atom stereocenters. The lowest BCUT2D eigenvalue weighted by atomic mass is 10.0. The van der Waals surface area contributed by atoms with E-state index in [2.05, 4.69) is 10.1 Å². The van der Waals surface area contributed by atoms with E-state index in [4.69, 9.17) is 19.0 Å². The molecule has 0 spiro atoms. The number of benzene rings is 2. The minimum absolute atomic E-state index is 0.0523. The molecule has 0 aliphatic heterocycles.